The van der Waals surface area contributed by atoms with Crippen LogP contribution in [-0.2, 0) is 10.0 Å². The quantitative estimate of drug-likeness (QED) is 0.679. The van der Waals surface area contributed by atoms with Crippen molar-refractivity contribution in [1.82, 2.24) is 14.5 Å². The summed E-state index contributed by atoms with van der Waals surface area (Å²) in [6, 6.07) is 0.414. The Bertz CT molecular complexity index is 361. The second kappa shape index (κ2) is 8.32. The summed E-state index contributed by atoms with van der Waals surface area (Å²) in [7, 11) is -3.07. The minimum Gasteiger partial charge on any atom is -0.314 e. The van der Waals surface area contributed by atoms with Crippen LogP contribution in [0.1, 0.15) is 34.1 Å². The molecule has 20 heavy (non-hydrogen) atoms. The smallest absolute Gasteiger partial charge is 0.214 e. The van der Waals surface area contributed by atoms with Crippen molar-refractivity contribution in [1.29, 1.82) is 0 Å². The molecule has 1 heterocycles. The van der Waals surface area contributed by atoms with Crippen molar-refractivity contribution in [2.24, 2.45) is 5.92 Å². The molecule has 1 rings (SSSR count). The first kappa shape index (κ1) is 17.9. The predicted molar refractivity (Wildman–Crippen MR) is 84.4 cm³/mol. The van der Waals surface area contributed by atoms with Crippen molar-refractivity contribution in [3.63, 3.8) is 0 Å². The minimum absolute atomic E-state index is 0.261. The van der Waals surface area contributed by atoms with Crippen molar-refractivity contribution in [3.05, 3.63) is 0 Å². The summed E-state index contributed by atoms with van der Waals surface area (Å²) in [5.41, 5.74) is 0. The lowest BCUT2D eigenvalue weighted by atomic mass is 10.2. The van der Waals surface area contributed by atoms with Crippen molar-refractivity contribution in [2.45, 2.75) is 40.2 Å². The summed E-state index contributed by atoms with van der Waals surface area (Å²) in [6.45, 7) is 13.4. The Morgan fingerprint density at radius 3 is 2.15 bits per heavy atom. The van der Waals surface area contributed by atoms with Crippen LogP contribution in [0.3, 0.4) is 0 Å². The Hall–Kier alpha value is -0.170. The molecule has 0 saturated carbocycles. The van der Waals surface area contributed by atoms with Gasteiger partial charge in [-0.2, -0.15) is 4.31 Å². The highest BCUT2D eigenvalue weighted by Crippen LogP contribution is 2.10. The molecule has 0 aliphatic carbocycles. The second-order valence-corrected chi connectivity index (χ2v) is 8.46. The average molecular weight is 305 g/mol. The number of nitrogens with one attached hydrogen (secondary N) is 1. The third kappa shape index (κ3) is 6.52. The Morgan fingerprint density at radius 2 is 1.65 bits per heavy atom. The van der Waals surface area contributed by atoms with Gasteiger partial charge in [0.2, 0.25) is 10.0 Å². The molecule has 120 valence electrons. The van der Waals surface area contributed by atoms with Gasteiger partial charge >= 0.3 is 0 Å². The van der Waals surface area contributed by atoms with E-state index in [4.69, 9.17) is 0 Å². The number of nitrogens with zero attached hydrogens (tertiary/aromatic N) is 2. The van der Waals surface area contributed by atoms with Gasteiger partial charge in [-0.15, -0.1) is 0 Å². The summed E-state index contributed by atoms with van der Waals surface area (Å²) < 4.78 is 26.1. The lowest BCUT2D eigenvalue weighted by molar-refractivity contribution is 0.172. The van der Waals surface area contributed by atoms with Crippen molar-refractivity contribution < 1.29 is 8.42 Å². The SMILES string of the molecule is CC(C)CN1CCN(S(=O)(=O)CCCNC(C)C)CC1. The Morgan fingerprint density at radius 1 is 1.05 bits per heavy atom. The van der Waals surface area contributed by atoms with E-state index in [2.05, 4.69) is 37.9 Å². The van der Waals surface area contributed by atoms with Crippen LogP contribution in [0, 0.1) is 5.92 Å². The predicted octanol–water partition coefficient (Wildman–Crippen LogP) is 0.978. The zero-order valence-corrected chi connectivity index (χ0v) is 14.2. The van der Waals surface area contributed by atoms with Gasteiger partial charge in [0.1, 0.15) is 0 Å². The highest BCUT2D eigenvalue weighted by Gasteiger charge is 2.26. The highest BCUT2D eigenvalue weighted by atomic mass is 32.2. The number of hydrogen-bond acceptors (Lipinski definition) is 4. The fraction of sp³-hybridized carbons (Fsp3) is 1.00. The molecule has 0 spiro atoms. The van der Waals surface area contributed by atoms with Gasteiger partial charge in [-0.05, 0) is 18.9 Å². The van der Waals surface area contributed by atoms with E-state index < -0.39 is 10.0 Å². The highest BCUT2D eigenvalue weighted by molar-refractivity contribution is 7.89. The van der Waals surface area contributed by atoms with Gasteiger partial charge < -0.3 is 10.2 Å². The van der Waals surface area contributed by atoms with Crippen molar-refractivity contribution in [3.8, 4) is 0 Å². The van der Waals surface area contributed by atoms with Gasteiger partial charge in [-0.1, -0.05) is 27.7 Å². The number of rotatable bonds is 8. The first-order valence-electron chi connectivity index (χ1n) is 7.75. The molecule has 0 amide bonds. The fourth-order valence-electron chi connectivity index (χ4n) is 2.48. The standard InChI is InChI=1S/C14H31N3O2S/c1-13(2)12-16-7-9-17(10-8-16)20(18,19)11-5-6-15-14(3)4/h13-15H,5-12H2,1-4H3. The molecule has 0 aromatic heterocycles. The molecule has 0 bridgehead atoms. The molecule has 1 aliphatic rings. The Kier molecular flexibility index (Phi) is 7.43. The minimum atomic E-state index is -3.07. The van der Waals surface area contributed by atoms with Crippen LogP contribution < -0.4 is 5.32 Å². The van der Waals surface area contributed by atoms with Crippen LogP contribution >= 0.6 is 0 Å². The normalized spacial score (nSPS) is 19.1. The first-order chi connectivity index (χ1) is 9.31. The molecule has 0 unspecified atom stereocenters. The molecule has 1 N–H and O–H groups in total. The van der Waals surface area contributed by atoms with Crippen LogP contribution in [0.15, 0.2) is 0 Å². The van der Waals surface area contributed by atoms with Gasteiger partial charge in [0.25, 0.3) is 0 Å². The number of piperazine rings is 1. The third-order valence-electron chi connectivity index (χ3n) is 3.48. The van der Waals surface area contributed by atoms with E-state index in [0.717, 1.165) is 26.2 Å². The van der Waals surface area contributed by atoms with E-state index in [1.807, 2.05) is 0 Å². The molecular formula is C14H31N3O2S. The molecule has 1 saturated heterocycles. The molecule has 5 nitrogen and oxygen atoms in total. The third-order valence-corrected chi connectivity index (χ3v) is 5.44. The van der Waals surface area contributed by atoms with Gasteiger partial charge in [-0.3, -0.25) is 0 Å². The first-order valence-corrected chi connectivity index (χ1v) is 9.35. The van der Waals surface area contributed by atoms with E-state index in [1.54, 1.807) is 4.31 Å². The fourth-order valence-corrected chi connectivity index (χ4v) is 3.97. The summed E-state index contributed by atoms with van der Waals surface area (Å²) >= 11 is 0. The lowest BCUT2D eigenvalue weighted by Crippen LogP contribution is -2.50. The van der Waals surface area contributed by atoms with Crippen molar-refractivity contribution in [2.75, 3.05) is 45.0 Å². The molecule has 1 fully saturated rings. The maximum absolute atomic E-state index is 12.2. The molecule has 0 atom stereocenters. The molecule has 0 aromatic rings. The van der Waals surface area contributed by atoms with Gasteiger partial charge in [0.15, 0.2) is 0 Å². The lowest BCUT2D eigenvalue weighted by Gasteiger charge is -2.34. The van der Waals surface area contributed by atoms with Gasteiger partial charge in [0, 0.05) is 38.8 Å². The zero-order chi connectivity index (χ0) is 15.2. The van der Waals surface area contributed by atoms with Crippen LogP contribution in [-0.4, -0.2) is 68.7 Å². The molecule has 0 radical (unpaired) electrons. The van der Waals surface area contributed by atoms with Crippen LogP contribution in [0.4, 0.5) is 0 Å². The van der Waals surface area contributed by atoms with Crippen LogP contribution in [0.25, 0.3) is 0 Å². The van der Waals surface area contributed by atoms with E-state index in [9.17, 15) is 8.42 Å². The Balaban J connectivity index is 2.31. The number of hydrogen-bond donors (Lipinski definition) is 1. The monoisotopic (exact) mass is 305 g/mol. The molecular weight excluding hydrogens is 274 g/mol. The topological polar surface area (TPSA) is 52.7 Å². The Labute approximate surface area is 124 Å². The molecule has 6 heteroatoms. The molecule has 1 aliphatic heterocycles. The second-order valence-electron chi connectivity index (χ2n) is 6.37. The van der Waals surface area contributed by atoms with Crippen molar-refractivity contribution >= 4 is 10.0 Å². The maximum Gasteiger partial charge on any atom is 0.214 e. The maximum atomic E-state index is 12.2. The molecule has 0 aromatic carbocycles. The van der Waals surface area contributed by atoms with Crippen LogP contribution in [0.2, 0.25) is 0 Å². The zero-order valence-electron chi connectivity index (χ0n) is 13.4. The summed E-state index contributed by atoms with van der Waals surface area (Å²) in [6.07, 6.45) is 0.687. The summed E-state index contributed by atoms with van der Waals surface area (Å²) in [4.78, 5) is 2.36. The van der Waals surface area contributed by atoms with E-state index in [-0.39, 0.29) is 5.75 Å². The van der Waals surface area contributed by atoms with Crippen LogP contribution in [0.5, 0.6) is 0 Å². The largest absolute Gasteiger partial charge is 0.314 e. The summed E-state index contributed by atoms with van der Waals surface area (Å²) in [5, 5.41) is 3.26. The van der Waals surface area contributed by atoms with E-state index >= 15 is 0 Å². The van der Waals surface area contributed by atoms with E-state index in [0.29, 0.717) is 31.5 Å². The summed E-state index contributed by atoms with van der Waals surface area (Å²) in [5.74, 6) is 0.900. The van der Waals surface area contributed by atoms with E-state index in [1.165, 1.54) is 0 Å². The van der Waals surface area contributed by atoms with Gasteiger partial charge in [-0.25, -0.2) is 8.42 Å². The average Bonchev–Trinajstić information content (AvgIpc) is 2.34. The van der Waals surface area contributed by atoms with Gasteiger partial charge in [0.05, 0.1) is 5.75 Å². The number of sulfonamides is 1.